The van der Waals surface area contributed by atoms with E-state index in [9.17, 15) is 12.8 Å². The molecule has 3 aromatic heterocycles. The lowest BCUT2D eigenvalue weighted by Gasteiger charge is -2.22. The molecule has 0 bridgehead atoms. The molecule has 0 spiro atoms. The minimum absolute atomic E-state index is 0.00249. The number of hydrogen-bond donors (Lipinski definition) is 1. The van der Waals surface area contributed by atoms with Crippen LogP contribution in [0.2, 0.25) is 5.02 Å². The maximum absolute atomic E-state index is 14.5. The van der Waals surface area contributed by atoms with Crippen LogP contribution in [-0.2, 0) is 9.84 Å². The normalized spacial score (nSPS) is 12.7. The number of sulfone groups is 1. The van der Waals surface area contributed by atoms with Gasteiger partial charge < -0.3 is 10.5 Å². The number of anilines is 1. The van der Waals surface area contributed by atoms with Gasteiger partial charge in [0.05, 0.1) is 33.8 Å². The fourth-order valence-electron chi connectivity index (χ4n) is 2.75. The molecule has 0 radical (unpaired) electrons. The molecular weight excluding hydrogens is 431 g/mol. The van der Waals surface area contributed by atoms with E-state index < -0.39 is 20.5 Å². The number of nitrogen functional groups attached to an aromatic ring is 1. The van der Waals surface area contributed by atoms with Gasteiger partial charge in [-0.2, -0.15) is 4.39 Å². The third kappa shape index (κ3) is 3.96. The van der Waals surface area contributed by atoms with E-state index in [2.05, 4.69) is 9.97 Å². The fourth-order valence-corrected chi connectivity index (χ4v) is 4.18. The van der Waals surface area contributed by atoms with Crippen molar-refractivity contribution in [3.05, 3.63) is 35.5 Å². The van der Waals surface area contributed by atoms with Crippen LogP contribution in [0.3, 0.4) is 0 Å². The van der Waals surface area contributed by atoms with Crippen LogP contribution in [-0.4, -0.2) is 34.1 Å². The second-order valence-electron chi connectivity index (χ2n) is 8.39. The molecule has 3 aromatic rings. The third-order valence-electron chi connectivity index (χ3n) is 4.48. The average Bonchev–Trinajstić information content (AvgIpc) is 3.03. The Balaban J connectivity index is 2.29. The highest BCUT2D eigenvalue weighted by atomic mass is 35.5. The van der Waals surface area contributed by atoms with E-state index in [0.29, 0.717) is 12.3 Å². The summed E-state index contributed by atoms with van der Waals surface area (Å²) in [7, 11) is -3.78. The van der Waals surface area contributed by atoms with E-state index in [-0.39, 0.29) is 38.7 Å². The SMILES string of the molecule is CC(C)COc1cc2ncc(-c3cc(Cl)c(N)nc3F)n2cc1S(=O)(=O)C(C)(C)C. The Morgan fingerprint density at radius 3 is 2.57 bits per heavy atom. The first-order valence-electron chi connectivity index (χ1n) is 9.33. The number of fused-ring (bicyclic) bond motifs is 1. The summed E-state index contributed by atoms with van der Waals surface area (Å²) in [5.74, 6) is -0.567. The molecule has 0 atom stereocenters. The molecular formula is C20H24ClFN4O3S. The largest absolute Gasteiger partial charge is 0.492 e. The predicted octanol–water partition coefficient (Wildman–Crippen LogP) is 4.38. The third-order valence-corrected chi connectivity index (χ3v) is 7.28. The van der Waals surface area contributed by atoms with E-state index in [0.717, 1.165) is 0 Å². The van der Waals surface area contributed by atoms with Crippen LogP contribution in [0.25, 0.3) is 16.9 Å². The van der Waals surface area contributed by atoms with E-state index in [1.54, 1.807) is 20.8 Å². The number of nitrogens with zero attached hydrogens (tertiary/aromatic N) is 3. The molecule has 0 fully saturated rings. The number of halogens is 2. The fraction of sp³-hybridized carbons (Fsp3) is 0.400. The molecule has 0 unspecified atom stereocenters. The van der Waals surface area contributed by atoms with Gasteiger partial charge in [0.2, 0.25) is 5.95 Å². The quantitative estimate of drug-likeness (QED) is 0.574. The lowest BCUT2D eigenvalue weighted by atomic mass is 10.2. The average molecular weight is 455 g/mol. The number of rotatable bonds is 5. The standard InChI is InChI=1S/C20H24ClFN4O3S/c1-11(2)10-29-15-7-17-24-8-14(12-6-13(21)19(23)25-18(12)22)26(17)9-16(15)30(27,28)20(3,4)5/h6-9,11H,10H2,1-5H3,(H2,23,25). The van der Waals surface area contributed by atoms with Crippen LogP contribution in [0.15, 0.2) is 29.4 Å². The van der Waals surface area contributed by atoms with Gasteiger partial charge in [-0.3, -0.25) is 4.40 Å². The van der Waals surface area contributed by atoms with Crippen molar-refractivity contribution in [2.45, 2.75) is 44.3 Å². The Morgan fingerprint density at radius 2 is 1.97 bits per heavy atom. The molecule has 162 valence electrons. The monoisotopic (exact) mass is 454 g/mol. The molecule has 7 nitrogen and oxygen atoms in total. The molecule has 30 heavy (non-hydrogen) atoms. The summed E-state index contributed by atoms with van der Waals surface area (Å²) in [5, 5.41) is 0.0840. The highest BCUT2D eigenvalue weighted by Gasteiger charge is 2.34. The van der Waals surface area contributed by atoms with Gasteiger partial charge in [0.25, 0.3) is 0 Å². The molecule has 0 aliphatic heterocycles. The molecule has 0 aromatic carbocycles. The number of aromatic nitrogens is 3. The van der Waals surface area contributed by atoms with Crippen molar-refractivity contribution in [1.29, 1.82) is 0 Å². The Bertz CT molecular complexity index is 1220. The summed E-state index contributed by atoms with van der Waals surface area (Å²) in [6.45, 7) is 9.09. The zero-order valence-corrected chi connectivity index (χ0v) is 19.0. The van der Waals surface area contributed by atoms with Crippen LogP contribution in [0.1, 0.15) is 34.6 Å². The molecule has 0 aliphatic carbocycles. The van der Waals surface area contributed by atoms with Crippen LogP contribution in [0.4, 0.5) is 10.2 Å². The molecule has 0 aliphatic rings. The second kappa shape index (κ2) is 7.70. The number of imidazole rings is 1. The predicted molar refractivity (Wildman–Crippen MR) is 115 cm³/mol. The van der Waals surface area contributed by atoms with Crippen molar-refractivity contribution in [3.8, 4) is 17.0 Å². The minimum Gasteiger partial charge on any atom is -0.492 e. The number of nitrogens with two attached hydrogens (primary N) is 1. The van der Waals surface area contributed by atoms with Crippen LogP contribution in [0, 0.1) is 11.9 Å². The first kappa shape index (κ1) is 22.3. The number of ether oxygens (including phenoxy) is 1. The Hall–Kier alpha value is -2.39. The molecule has 0 saturated carbocycles. The highest BCUT2D eigenvalue weighted by molar-refractivity contribution is 7.92. The smallest absolute Gasteiger partial charge is 0.224 e. The Labute approximate surface area is 180 Å². The van der Waals surface area contributed by atoms with Gasteiger partial charge in [-0.05, 0) is 32.8 Å². The minimum atomic E-state index is -3.78. The van der Waals surface area contributed by atoms with Gasteiger partial charge in [-0.1, -0.05) is 25.4 Å². The summed E-state index contributed by atoms with van der Waals surface area (Å²) in [5.41, 5.74) is 6.30. The molecule has 3 heterocycles. The van der Waals surface area contributed by atoms with E-state index >= 15 is 0 Å². The van der Waals surface area contributed by atoms with Gasteiger partial charge in [-0.15, -0.1) is 0 Å². The van der Waals surface area contributed by atoms with Gasteiger partial charge in [-0.25, -0.2) is 18.4 Å². The summed E-state index contributed by atoms with van der Waals surface area (Å²) < 4.78 is 47.2. The van der Waals surface area contributed by atoms with E-state index in [1.807, 2.05) is 13.8 Å². The zero-order chi connectivity index (χ0) is 22.4. The maximum Gasteiger partial charge on any atom is 0.224 e. The number of hydrogen-bond acceptors (Lipinski definition) is 6. The van der Waals surface area contributed by atoms with Gasteiger partial charge in [0.15, 0.2) is 9.84 Å². The summed E-state index contributed by atoms with van der Waals surface area (Å²) in [4.78, 5) is 7.89. The first-order chi connectivity index (χ1) is 13.8. The molecule has 2 N–H and O–H groups in total. The zero-order valence-electron chi connectivity index (χ0n) is 17.4. The molecule has 3 rings (SSSR count). The highest BCUT2D eigenvalue weighted by Crippen LogP contribution is 2.35. The lowest BCUT2D eigenvalue weighted by molar-refractivity contribution is 0.264. The van der Waals surface area contributed by atoms with Gasteiger partial charge in [0, 0.05) is 12.3 Å². The van der Waals surface area contributed by atoms with E-state index in [1.165, 1.54) is 28.9 Å². The molecule has 0 saturated heterocycles. The van der Waals surface area contributed by atoms with Crippen molar-refractivity contribution in [2.75, 3.05) is 12.3 Å². The van der Waals surface area contributed by atoms with Crippen molar-refractivity contribution in [3.63, 3.8) is 0 Å². The van der Waals surface area contributed by atoms with Crippen molar-refractivity contribution in [2.24, 2.45) is 5.92 Å². The Kier molecular flexibility index (Phi) is 5.72. The Morgan fingerprint density at radius 1 is 1.30 bits per heavy atom. The van der Waals surface area contributed by atoms with Gasteiger partial charge >= 0.3 is 0 Å². The van der Waals surface area contributed by atoms with Crippen molar-refractivity contribution >= 4 is 32.9 Å². The molecule has 0 amide bonds. The summed E-state index contributed by atoms with van der Waals surface area (Å²) in [6, 6.07) is 2.87. The number of pyridine rings is 2. The van der Waals surface area contributed by atoms with Crippen molar-refractivity contribution < 1.29 is 17.5 Å². The first-order valence-corrected chi connectivity index (χ1v) is 11.2. The van der Waals surface area contributed by atoms with E-state index in [4.69, 9.17) is 22.1 Å². The summed E-state index contributed by atoms with van der Waals surface area (Å²) >= 11 is 6.01. The van der Waals surface area contributed by atoms with Crippen LogP contribution in [0.5, 0.6) is 5.75 Å². The molecule has 10 heteroatoms. The lowest BCUT2D eigenvalue weighted by Crippen LogP contribution is -2.29. The topological polar surface area (TPSA) is 99.6 Å². The second-order valence-corrected chi connectivity index (χ2v) is 11.5. The van der Waals surface area contributed by atoms with Crippen LogP contribution < -0.4 is 10.5 Å². The summed E-state index contributed by atoms with van der Waals surface area (Å²) in [6.07, 6.45) is 2.82. The maximum atomic E-state index is 14.5. The van der Waals surface area contributed by atoms with Crippen LogP contribution >= 0.6 is 11.6 Å². The van der Waals surface area contributed by atoms with Gasteiger partial charge in [0.1, 0.15) is 22.1 Å². The van der Waals surface area contributed by atoms with Crippen molar-refractivity contribution in [1.82, 2.24) is 14.4 Å².